The molecule has 0 fully saturated rings. The minimum absolute atomic E-state index is 0.337. The van der Waals surface area contributed by atoms with Crippen LogP contribution >= 0.6 is 0 Å². The average Bonchev–Trinajstić information content (AvgIpc) is 1.87. The van der Waals surface area contributed by atoms with E-state index in [1.54, 1.807) is 0 Å². The van der Waals surface area contributed by atoms with Gasteiger partial charge in [-0.2, -0.15) is 0 Å². The fourth-order valence-electron chi connectivity index (χ4n) is 0.328. The standard InChI is InChI=1S/C4H5NO5/c6-2-1-3(4(7)8)10-5-9/h2-3H,1H2,(H,7,8). The van der Waals surface area contributed by atoms with Crippen LogP contribution in [0.1, 0.15) is 6.42 Å². The Bertz CT molecular complexity index is 135. The van der Waals surface area contributed by atoms with Crippen LogP contribution in [0.4, 0.5) is 0 Å². The lowest BCUT2D eigenvalue weighted by molar-refractivity contribution is -0.151. The van der Waals surface area contributed by atoms with Crippen LogP contribution in [-0.4, -0.2) is 23.5 Å². The van der Waals surface area contributed by atoms with Crippen LogP contribution in [0.15, 0.2) is 5.34 Å². The first kappa shape index (κ1) is 8.54. The lowest BCUT2D eigenvalue weighted by Crippen LogP contribution is -2.21. The molecule has 0 aliphatic heterocycles. The number of rotatable bonds is 5. The minimum atomic E-state index is -1.45. The Kier molecular flexibility index (Phi) is 3.78. The number of aldehydes is 1. The molecule has 0 rings (SSSR count). The number of hydrogen-bond donors (Lipinski definition) is 1. The summed E-state index contributed by atoms with van der Waals surface area (Å²) in [5, 5.41) is 10.0. The van der Waals surface area contributed by atoms with E-state index >= 15 is 0 Å². The topological polar surface area (TPSA) is 93.0 Å². The second kappa shape index (κ2) is 4.42. The maximum atomic E-state index is 10.00. The third-order valence-corrected chi connectivity index (χ3v) is 0.756. The number of aliphatic carboxylic acids is 1. The highest BCUT2D eigenvalue weighted by molar-refractivity contribution is 5.75. The summed E-state index contributed by atoms with van der Waals surface area (Å²) in [5.74, 6) is -1.38. The minimum Gasteiger partial charge on any atom is -0.478 e. The second-order valence-electron chi connectivity index (χ2n) is 1.41. The summed E-state index contributed by atoms with van der Waals surface area (Å²) in [6.45, 7) is 0. The summed E-state index contributed by atoms with van der Waals surface area (Å²) in [6.07, 6.45) is -1.49. The normalized spacial score (nSPS) is 11.6. The first-order valence-corrected chi connectivity index (χ1v) is 2.37. The summed E-state index contributed by atoms with van der Waals surface area (Å²) in [6, 6.07) is 0. The molecule has 0 saturated carbocycles. The van der Waals surface area contributed by atoms with Gasteiger partial charge in [-0.15, -0.1) is 4.91 Å². The molecule has 0 bridgehead atoms. The number of carbonyl (C=O) groups is 2. The third-order valence-electron chi connectivity index (χ3n) is 0.756. The Hall–Kier alpha value is -1.46. The molecule has 1 unspecified atom stereocenters. The molecule has 0 amide bonds. The van der Waals surface area contributed by atoms with Crippen LogP contribution < -0.4 is 0 Å². The lowest BCUT2D eigenvalue weighted by atomic mass is 10.3. The van der Waals surface area contributed by atoms with Crippen molar-refractivity contribution in [3.63, 3.8) is 0 Å². The van der Waals surface area contributed by atoms with Gasteiger partial charge >= 0.3 is 5.97 Å². The number of hydrogen-bond acceptors (Lipinski definition) is 5. The fraction of sp³-hybridized carbons (Fsp3) is 0.500. The van der Waals surface area contributed by atoms with Crippen LogP contribution in [0.2, 0.25) is 0 Å². The molecular formula is C4H5NO5. The zero-order chi connectivity index (χ0) is 7.98. The van der Waals surface area contributed by atoms with Crippen LogP contribution in [0.25, 0.3) is 0 Å². The summed E-state index contributed by atoms with van der Waals surface area (Å²) >= 11 is 0. The van der Waals surface area contributed by atoms with Crippen LogP contribution in [-0.2, 0) is 14.4 Å². The van der Waals surface area contributed by atoms with Gasteiger partial charge in [0.05, 0.1) is 6.42 Å². The molecule has 1 N–H and O–H groups in total. The van der Waals surface area contributed by atoms with E-state index < -0.39 is 12.1 Å². The SMILES string of the molecule is O=CCC(ON=O)C(=O)O. The zero-order valence-electron chi connectivity index (χ0n) is 4.89. The van der Waals surface area contributed by atoms with Gasteiger partial charge in [0.15, 0.2) is 5.34 Å². The van der Waals surface area contributed by atoms with E-state index in [0.29, 0.717) is 6.29 Å². The van der Waals surface area contributed by atoms with Crippen molar-refractivity contribution in [2.75, 3.05) is 0 Å². The molecule has 1 atom stereocenters. The van der Waals surface area contributed by atoms with E-state index in [-0.39, 0.29) is 6.42 Å². The summed E-state index contributed by atoms with van der Waals surface area (Å²) in [4.78, 5) is 32.8. The zero-order valence-corrected chi connectivity index (χ0v) is 4.89. The second-order valence-corrected chi connectivity index (χ2v) is 1.41. The molecule has 0 radical (unpaired) electrons. The van der Waals surface area contributed by atoms with Crippen molar-refractivity contribution in [2.24, 2.45) is 5.34 Å². The van der Waals surface area contributed by atoms with Gasteiger partial charge in [-0.1, -0.05) is 0 Å². The van der Waals surface area contributed by atoms with Crippen molar-refractivity contribution < 1.29 is 19.5 Å². The summed E-state index contributed by atoms with van der Waals surface area (Å²) in [5.41, 5.74) is 0. The van der Waals surface area contributed by atoms with Gasteiger partial charge in [0.25, 0.3) is 0 Å². The van der Waals surface area contributed by atoms with Crippen LogP contribution in [0.3, 0.4) is 0 Å². The molecule has 0 saturated heterocycles. The first-order valence-electron chi connectivity index (χ1n) is 2.37. The Morgan fingerprint density at radius 1 is 1.80 bits per heavy atom. The Labute approximate surface area is 55.7 Å². The molecule has 56 valence electrons. The number of carboxylic acid groups (broad SMARTS) is 1. The summed E-state index contributed by atoms with van der Waals surface area (Å²) in [7, 11) is 0. The molecule has 6 nitrogen and oxygen atoms in total. The van der Waals surface area contributed by atoms with Crippen molar-refractivity contribution in [1.29, 1.82) is 0 Å². The highest BCUT2D eigenvalue weighted by Gasteiger charge is 2.18. The van der Waals surface area contributed by atoms with Crippen molar-refractivity contribution in [3.05, 3.63) is 4.91 Å². The van der Waals surface area contributed by atoms with Crippen molar-refractivity contribution in [3.8, 4) is 0 Å². The molecule has 0 spiro atoms. The smallest absolute Gasteiger partial charge is 0.348 e. The predicted molar refractivity (Wildman–Crippen MR) is 29.0 cm³/mol. The Morgan fingerprint density at radius 3 is 2.70 bits per heavy atom. The molecule has 0 aromatic rings. The van der Waals surface area contributed by atoms with Crippen molar-refractivity contribution in [1.82, 2.24) is 0 Å². The molecule has 0 aromatic heterocycles. The number of carbonyl (C=O) groups excluding carboxylic acids is 1. The maximum absolute atomic E-state index is 10.00. The van der Waals surface area contributed by atoms with Crippen molar-refractivity contribution >= 4 is 12.3 Å². The van der Waals surface area contributed by atoms with E-state index in [1.807, 2.05) is 5.34 Å². The Balaban J connectivity index is 3.83. The molecule has 0 aromatic carbocycles. The quantitative estimate of drug-likeness (QED) is 0.328. The van der Waals surface area contributed by atoms with Gasteiger partial charge < -0.3 is 14.7 Å². The fourth-order valence-corrected chi connectivity index (χ4v) is 0.328. The predicted octanol–water partition coefficient (Wildman–Crippen LogP) is -0.273. The molecule has 6 heteroatoms. The van der Waals surface area contributed by atoms with E-state index in [2.05, 4.69) is 4.84 Å². The maximum Gasteiger partial charge on any atom is 0.348 e. The average molecular weight is 147 g/mol. The van der Waals surface area contributed by atoms with Crippen LogP contribution in [0.5, 0.6) is 0 Å². The Morgan fingerprint density at radius 2 is 2.40 bits per heavy atom. The highest BCUT2D eigenvalue weighted by atomic mass is 16.7. The molecule has 10 heavy (non-hydrogen) atoms. The number of carboxylic acids is 1. The monoisotopic (exact) mass is 147 g/mol. The first-order chi connectivity index (χ1) is 4.72. The van der Waals surface area contributed by atoms with Gasteiger partial charge in [0.2, 0.25) is 6.10 Å². The van der Waals surface area contributed by atoms with Gasteiger partial charge in [0, 0.05) is 0 Å². The molecule has 0 aliphatic rings. The van der Waals surface area contributed by atoms with E-state index in [0.717, 1.165) is 0 Å². The van der Waals surface area contributed by atoms with Gasteiger partial charge in [-0.3, -0.25) is 0 Å². The molecule has 0 aliphatic carbocycles. The van der Waals surface area contributed by atoms with Gasteiger partial charge in [-0.25, -0.2) is 4.79 Å². The van der Waals surface area contributed by atoms with Crippen LogP contribution in [0, 0.1) is 4.91 Å². The van der Waals surface area contributed by atoms with E-state index in [1.165, 1.54) is 0 Å². The van der Waals surface area contributed by atoms with Gasteiger partial charge in [0.1, 0.15) is 6.29 Å². The van der Waals surface area contributed by atoms with Crippen molar-refractivity contribution in [2.45, 2.75) is 12.5 Å². The largest absolute Gasteiger partial charge is 0.478 e. The molecular weight excluding hydrogens is 142 g/mol. The third kappa shape index (κ3) is 2.75. The van der Waals surface area contributed by atoms with E-state index in [4.69, 9.17) is 5.11 Å². The van der Waals surface area contributed by atoms with E-state index in [9.17, 15) is 14.5 Å². The molecule has 0 heterocycles. The summed E-state index contributed by atoms with van der Waals surface area (Å²) < 4.78 is 0. The highest BCUT2D eigenvalue weighted by Crippen LogP contribution is 1.95. The number of nitrogens with zero attached hydrogens (tertiary/aromatic N) is 1. The van der Waals surface area contributed by atoms with Gasteiger partial charge in [-0.05, 0) is 0 Å². The lowest BCUT2D eigenvalue weighted by Gasteiger charge is -2.01.